The highest BCUT2D eigenvalue weighted by atomic mass is 16.5. The summed E-state index contributed by atoms with van der Waals surface area (Å²) in [6, 6.07) is 0. The Labute approximate surface area is 93.5 Å². The molecule has 0 spiro atoms. The Balaban J connectivity index is 4.15. The Bertz CT molecular complexity index is 260. The zero-order chi connectivity index (χ0) is 12.6. The molecule has 0 fully saturated rings. The molecule has 0 heterocycles. The quantitative estimate of drug-likeness (QED) is 0.646. The third-order valence-electron chi connectivity index (χ3n) is 2.17. The summed E-state index contributed by atoms with van der Waals surface area (Å²) < 4.78 is 8.96. The second-order valence-electron chi connectivity index (χ2n) is 3.27. The van der Waals surface area contributed by atoms with Gasteiger partial charge in [0.2, 0.25) is 0 Å². The molecular formula is C10H16O6. The molecule has 0 aliphatic rings. The van der Waals surface area contributed by atoms with Crippen LogP contribution in [-0.2, 0) is 23.9 Å². The van der Waals surface area contributed by atoms with Crippen LogP contribution in [0.25, 0.3) is 0 Å². The fourth-order valence-electron chi connectivity index (χ4n) is 1.24. The highest BCUT2D eigenvalue weighted by Gasteiger charge is 2.21. The minimum Gasteiger partial charge on any atom is -0.481 e. The first-order chi connectivity index (χ1) is 7.51. The topological polar surface area (TPSA) is 89.9 Å². The van der Waals surface area contributed by atoms with Crippen molar-refractivity contribution in [3.63, 3.8) is 0 Å². The second-order valence-corrected chi connectivity index (χ2v) is 3.27. The lowest BCUT2D eigenvalue weighted by Gasteiger charge is -2.12. The number of methoxy groups -OCH3 is 2. The lowest BCUT2D eigenvalue weighted by molar-refractivity contribution is -0.147. The molecule has 6 nitrogen and oxygen atoms in total. The van der Waals surface area contributed by atoms with Crippen LogP contribution in [0, 0.1) is 5.92 Å². The van der Waals surface area contributed by atoms with Gasteiger partial charge in [-0.1, -0.05) is 0 Å². The number of rotatable bonds is 7. The molecule has 0 aromatic heterocycles. The number of esters is 2. The van der Waals surface area contributed by atoms with Crippen molar-refractivity contribution < 1.29 is 29.0 Å². The summed E-state index contributed by atoms with van der Waals surface area (Å²) in [6.45, 7) is 0. The highest BCUT2D eigenvalue weighted by molar-refractivity contribution is 5.75. The summed E-state index contributed by atoms with van der Waals surface area (Å²) in [6.07, 6.45) is 0.364. The molecule has 1 atom stereocenters. The van der Waals surface area contributed by atoms with E-state index in [1.54, 1.807) is 0 Å². The Hall–Kier alpha value is -1.59. The van der Waals surface area contributed by atoms with Gasteiger partial charge in [-0.2, -0.15) is 0 Å². The molecule has 6 heteroatoms. The number of carbonyl (C=O) groups is 3. The van der Waals surface area contributed by atoms with Gasteiger partial charge in [0.1, 0.15) is 0 Å². The van der Waals surface area contributed by atoms with Gasteiger partial charge in [-0.05, 0) is 12.8 Å². The van der Waals surface area contributed by atoms with E-state index in [1.807, 2.05) is 0 Å². The Morgan fingerprint density at radius 2 is 1.62 bits per heavy atom. The van der Waals surface area contributed by atoms with E-state index in [0.29, 0.717) is 0 Å². The zero-order valence-electron chi connectivity index (χ0n) is 9.39. The first kappa shape index (κ1) is 14.4. The van der Waals surface area contributed by atoms with Crippen LogP contribution in [0.5, 0.6) is 0 Å². The largest absolute Gasteiger partial charge is 0.481 e. The molecule has 16 heavy (non-hydrogen) atoms. The van der Waals surface area contributed by atoms with Crippen LogP contribution in [0.2, 0.25) is 0 Å². The van der Waals surface area contributed by atoms with E-state index in [0.717, 1.165) is 0 Å². The number of hydrogen-bond donors (Lipinski definition) is 1. The molecular weight excluding hydrogens is 216 g/mol. The van der Waals surface area contributed by atoms with Crippen LogP contribution < -0.4 is 0 Å². The zero-order valence-corrected chi connectivity index (χ0v) is 9.39. The van der Waals surface area contributed by atoms with Crippen LogP contribution >= 0.6 is 0 Å². The average molecular weight is 232 g/mol. The van der Waals surface area contributed by atoms with Gasteiger partial charge >= 0.3 is 17.9 Å². The van der Waals surface area contributed by atoms with Gasteiger partial charge < -0.3 is 14.6 Å². The first-order valence-corrected chi connectivity index (χ1v) is 4.87. The van der Waals surface area contributed by atoms with E-state index >= 15 is 0 Å². The van der Waals surface area contributed by atoms with Crippen molar-refractivity contribution in [2.75, 3.05) is 14.2 Å². The summed E-state index contributed by atoms with van der Waals surface area (Å²) in [5, 5.41) is 8.50. The number of aliphatic carboxylic acids is 1. The highest BCUT2D eigenvalue weighted by Crippen LogP contribution is 2.15. The van der Waals surface area contributed by atoms with Gasteiger partial charge in [0.05, 0.1) is 20.1 Å². The van der Waals surface area contributed by atoms with Crippen molar-refractivity contribution >= 4 is 17.9 Å². The molecule has 0 saturated heterocycles. The van der Waals surface area contributed by atoms with E-state index < -0.39 is 23.8 Å². The predicted molar refractivity (Wildman–Crippen MR) is 53.6 cm³/mol. The Kier molecular flexibility index (Phi) is 6.91. The van der Waals surface area contributed by atoms with Gasteiger partial charge in [0.15, 0.2) is 0 Å². The summed E-state index contributed by atoms with van der Waals surface area (Å²) >= 11 is 0. The lowest BCUT2D eigenvalue weighted by Crippen LogP contribution is -2.19. The van der Waals surface area contributed by atoms with Crippen molar-refractivity contribution in [3.05, 3.63) is 0 Å². The number of carboxylic acid groups (broad SMARTS) is 1. The fraction of sp³-hybridized carbons (Fsp3) is 0.700. The molecule has 0 bridgehead atoms. The monoisotopic (exact) mass is 232 g/mol. The van der Waals surface area contributed by atoms with Crippen LogP contribution in [0.3, 0.4) is 0 Å². The van der Waals surface area contributed by atoms with E-state index in [-0.39, 0.29) is 25.7 Å². The van der Waals surface area contributed by atoms with Gasteiger partial charge in [-0.3, -0.25) is 14.4 Å². The first-order valence-electron chi connectivity index (χ1n) is 4.87. The Morgan fingerprint density at radius 1 is 1.06 bits per heavy atom. The molecule has 0 aromatic carbocycles. The van der Waals surface area contributed by atoms with E-state index in [4.69, 9.17) is 5.11 Å². The maximum absolute atomic E-state index is 11.3. The molecule has 0 aliphatic heterocycles. The van der Waals surface area contributed by atoms with Crippen molar-refractivity contribution in [1.29, 1.82) is 0 Å². The maximum Gasteiger partial charge on any atom is 0.308 e. The minimum atomic E-state index is -0.980. The van der Waals surface area contributed by atoms with Gasteiger partial charge in [-0.25, -0.2) is 0 Å². The summed E-state index contributed by atoms with van der Waals surface area (Å²) in [5.74, 6) is -2.47. The number of ether oxygens (including phenoxy) is 2. The van der Waals surface area contributed by atoms with Crippen LogP contribution in [0.15, 0.2) is 0 Å². The van der Waals surface area contributed by atoms with Crippen molar-refractivity contribution in [2.45, 2.75) is 25.7 Å². The van der Waals surface area contributed by atoms with E-state index in [2.05, 4.69) is 9.47 Å². The summed E-state index contributed by atoms with van der Waals surface area (Å²) in [4.78, 5) is 32.5. The molecule has 0 rings (SSSR count). The van der Waals surface area contributed by atoms with Crippen LogP contribution in [0.4, 0.5) is 0 Å². The van der Waals surface area contributed by atoms with Crippen molar-refractivity contribution in [2.24, 2.45) is 5.92 Å². The lowest BCUT2D eigenvalue weighted by atomic mass is 9.98. The van der Waals surface area contributed by atoms with Gasteiger partial charge in [-0.15, -0.1) is 0 Å². The molecule has 0 aliphatic carbocycles. The normalized spacial score (nSPS) is 11.6. The summed E-state index contributed by atoms with van der Waals surface area (Å²) in [7, 11) is 2.49. The fourth-order valence-corrected chi connectivity index (χ4v) is 1.24. The number of carboxylic acids is 1. The maximum atomic E-state index is 11.3. The van der Waals surface area contributed by atoms with Crippen molar-refractivity contribution in [1.82, 2.24) is 0 Å². The van der Waals surface area contributed by atoms with Crippen LogP contribution in [0.1, 0.15) is 25.7 Å². The molecule has 1 unspecified atom stereocenters. The van der Waals surface area contributed by atoms with Crippen LogP contribution in [-0.4, -0.2) is 37.2 Å². The standard InChI is InChI=1S/C10H16O6/c1-15-9(13)6-4-7(10(14)16-2)3-5-8(11)12/h7H,3-6H2,1-2H3,(H,11,12). The molecule has 0 aromatic rings. The predicted octanol–water partition coefficient (Wildman–Crippen LogP) is 0.594. The molecule has 0 amide bonds. The Morgan fingerprint density at radius 3 is 2.06 bits per heavy atom. The number of carbonyl (C=O) groups excluding carboxylic acids is 2. The molecule has 92 valence electrons. The third-order valence-corrected chi connectivity index (χ3v) is 2.17. The van der Waals surface area contributed by atoms with E-state index in [9.17, 15) is 14.4 Å². The minimum absolute atomic E-state index is 0.0793. The smallest absolute Gasteiger partial charge is 0.308 e. The molecule has 1 N–H and O–H groups in total. The molecule has 0 saturated carbocycles. The second kappa shape index (κ2) is 7.67. The number of hydrogen-bond acceptors (Lipinski definition) is 5. The SMILES string of the molecule is COC(=O)CCC(CCC(=O)O)C(=O)OC. The summed E-state index contributed by atoms with van der Waals surface area (Å²) in [5.41, 5.74) is 0. The third kappa shape index (κ3) is 6.00. The average Bonchev–Trinajstić information content (AvgIpc) is 2.27. The van der Waals surface area contributed by atoms with Gasteiger partial charge in [0.25, 0.3) is 0 Å². The molecule has 0 radical (unpaired) electrons. The van der Waals surface area contributed by atoms with Crippen molar-refractivity contribution in [3.8, 4) is 0 Å². The van der Waals surface area contributed by atoms with Gasteiger partial charge in [0, 0.05) is 12.8 Å². The van der Waals surface area contributed by atoms with E-state index in [1.165, 1.54) is 14.2 Å².